The van der Waals surface area contributed by atoms with Crippen LogP contribution in [0.25, 0.3) is 0 Å². The molecule has 1 aromatic rings. The minimum Gasteiger partial charge on any atom is -0.478 e. The van der Waals surface area contributed by atoms with Crippen LogP contribution in [0.15, 0.2) is 18.2 Å². The van der Waals surface area contributed by atoms with E-state index >= 15 is 0 Å². The van der Waals surface area contributed by atoms with Crippen molar-refractivity contribution in [3.63, 3.8) is 0 Å². The zero-order chi connectivity index (χ0) is 15.4. The van der Waals surface area contributed by atoms with E-state index < -0.39 is 5.97 Å². The maximum atomic E-state index is 12.5. The van der Waals surface area contributed by atoms with Crippen molar-refractivity contribution < 1.29 is 19.4 Å². The highest BCUT2D eigenvalue weighted by molar-refractivity contribution is 5.97. The van der Waals surface area contributed by atoms with Gasteiger partial charge in [-0.2, -0.15) is 0 Å². The number of likely N-dealkylation sites (N-methyl/N-ethyl adjacent to an activating group) is 1. The van der Waals surface area contributed by atoms with Crippen molar-refractivity contribution in [3.05, 3.63) is 29.3 Å². The van der Waals surface area contributed by atoms with Crippen molar-refractivity contribution in [1.29, 1.82) is 0 Å². The second kappa shape index (κ2) is 6.58. The zero-order valence-electron chi connectivity index (χ0n) is 12.3. The fourth-order valence-corrected chi connectivity index (χ4v) is 2.55. The zero-order valence-corrected chi connectivity index (χ0v) is 12.3. The third-order valence-corrected chi connectivity index (χ3v) is 3.67. The molecule has 0 bridgehead atoms. The number of carboxylic acid groups (broad SMARTS) is 1. The first-order valence-electron chi connectivity index (χ1n) is 6.93. The molecule has 0 saturated heterocycles. The Labute approximate surface area is 123 Å². The van der Waals surface area contributed by atoms with Crippen molar-refractivity contribution in [3.8, 4) is 0 Å². The van der Waals surface area contributed by atoms with Crippen LogP contribution in [0.4, 0.5) is 10.5 Å². The predicted molar refractivity (Wildman–Crippen MR) is 79.0 cm³/mol. The lowest BCUT2D eigenvalue weighted by atomic mass is 9.96. The average Bonchev–Trinajstić information content (AvgIpc) is 2.50. The van der Waals surface area contributed by atoms with Gasteiger partial charge in [0.15, 0.2) is 0 Å². The Hall–Kier alpha value is -2.08. The van der Waals surface area contributed by atoms with Gasteiger partial charge in [-0.25, -0.2) is 9.59 Å². The van der Waals surface area contributed by atoms with Crippen LogP contribution in [-0.4, -0.2) is 55.9 Å². The summed E-state index contributed by atoms with van der Waals surface area (Å²) in [6.45, 7) is 1.57. The second-order valence-corrected chi connectivity index (χ2v) is 5.06. The van der Waals surface area contributed by atoms with Gasteiger partial charge < -0.3 is 14.7 Å². The first-order chi connectivity index (χ1) is 10.1. The maximum Gasteiger partial charge on any atom is 0.336 e. The molecule has 6 nitrogen and oxygen atoms in total. The second-order valence-electron chi connectivity index (χ2n) is 5.06. The lowest BCUT2D eigenvalue weighted by Crippen LogP contribution is -2.45. The molecule has 0 aromatic heterocycles. The molecule has 1 aromatic carbocycles. The number of hydrogen-bond acceptors (Lipinski definition) is 3. The third kappa shape index (κ3) is 3.16. The van der Waals surface area contributed by atoms with Crippen LogP contribution < -0.4 is 4.90 Å². The van der Waals surface area contributed by atoms with Crippen LogP contribution in [0, 0.1) is 0 Å². The maximum absolute atomic E-state index is 12.5. The molecule has 0 aliphatic carbocycles. The van der Waals surface area contributed by atoms with E-state index in [1.807, 2.05) is 6.07 Å². The van der Waals surface area contributed by atoms with Crippen LogP contribution in [0.5, 0.6) is 0 Å². The number of carboxylic acids is 1. The third-order valence-electron chi connectivity index (χ3n) is 3.67. The van der Waals surface area contributed by atoms with Crippen LogP contribution in [0.1, 0.15) is 22.3 Å². The highest BCUT2D eigenvalue weighted by Crippen LogP contribution is 2.30. The Kier molecular flexibility index (Phi) is 4.80. The van der Waals surface area contributed by atoms with Gasteiger partial charge in [0.05, 0.1) is 12.2 Å². The summed E-state index contributed by atoms with van der Waals surface area (Å²) in [7, 11) is 3.31. The number of aromatic carboxylic acids is 1. The summed E-state index contributed by atoms with van der Waals surface area (Å²) in [6, 6.07) is 4.95. The summed E-state index contributed by atoms with van der Waals surface area (Å²) in [5.74, 6) is -0.950. The van der Waals surface area contributed by atoms with E-state index in [9.17, 15) is 14.7 Å². The van der Waals surface area contributed by atoms with Gasteiger partial charge in [0.1, 0.15) is 0 Å². The van der Waals surface area contributed by atoms with Crippen molar-refractivity contribution in [1.82, 2.24) is 4.90 Å². The smallest absolute Gasteiger partial charge is 0.336 e. The molecule has 0 saturated carbocycles. The average molecular weight is 292 g/mol. The van der Waals surface area contributed by atoms with Crippen LogP contribution in [-0.2, 0) is 11.2 Å². The number of nitrogens with zero attached hydrogens (tertiary/aromatic N) is 2. The molecule has 1 N–H and O–H groups in total. The van der Waals surface area contributed by atoms with E-state index in [0.29, 0.717) is 31.8 Å². The fraction of sp³-hybridized carbons (Fsp3) is 0.467. The minimum atomic E-state index is -0.950. The standard InChI is InChI=1S/C15H20N2O4/c1-16(9-10-21-2)15(20)17-8-4-6-11-12(14(18)19)5-3-7-13(11)17/h3,5,7H,4,6,8-10H2,1-2H3,(H,18,19). The monoisotopic (exact) mass is 292 g/mol. The van der Waals surface area contributed by atoms with Crippen molar-refractivity contribution in [2.75, 3.05) is 38.8 Å². The lowest BCUT2D eigenvalue weighted by molar-refractivity contribution is 0.0695. The Balaban J connectivity index is 2.28. The molecule has 2 amide bonds. The summed E-state index contributed by atoms with van der Waals surface area (Å²) in [5.41, 5.74) is 1.73. The van der Waals surface area contributed by atoms with Crippen molar-refractivity contribution in [2.24, 2.45) is 0 Å². The molecule has 0 radical (unpaired) electrons. The molecule has 0 spiro atoms. The molecule has 114 valence electrons. The molecule has 0 fully saturated rings. The molecule has 1 heterocycles. The first kappa shape index (κ1) is 15.3. The number of rotatable bonds is 4. The van der Waals surface area contributed by atoms with Crippen LogP contribution >= 0.6 is 0 Å². The van der Waals surface area contributed by atoms with Gasteiger partial charge >= 0.3 is 12.0 Å². The van der Waals surface area contributed by atoms with Gasteiger partial charge in [-0.1, -0.05) is 6.07 Å². The van der Waals surface area contributed by atoms with Crippen LogP contribution in [0.2, 0.25) is 0 Å². The van der Waals surface area contributed by atoms with E-state index in [0.717, 1.165) is 12.0 Å². The van der Waals surface area contributed by atoms with E-state index in [1.165, 1.54) is 0 Å². The Morgan fingerprint density at radius 3 is 2.86 bits per heavy atom. The number of carbonyl (C=O) groups is 2. The van der Waals surface area contributed by atoms with Gasteiger partial charge in [0, 0.05) is 32.9 Å². The number of benzene rings is 1. The minimum absolute atomic E-state index is 0.129. The summed E-state index contributed by atoms with van der Waals surface area (Å²) >= 11 is 0. The topological polar surface area (TPSA) is 70.1 Å². The first-order valence-corrected chi connectivity index (χ1v) is 6.93. The van der Waals surface area contributed by atoms with E-state index in [2.05, 4.69) is 0 Å². The van der Waals surface area contributed by atoms with Gasteiger partial charge in [-0.15, -0.1) is 0 Å². The molecule has 0 unspecified atom stereocenters. The van der Waals surface area contributed by atoms with Gasteiger partial charge in [0.2, 0.25) is 0 Å². The summed E-state index contributed by atoms with van der Waals surface area (Å²) < 4.78 is 4.98. The number of urea groups is 1. The van der Waals surface area contributed by atoms with Gasteiger partial charge in [-0.05, 0) is 30.5 Å². The van der Waals surface area contributed by atoms with Crippen molar-refractivity contribution >= 4 is 17.7 Å². The van der Waals surface area contributed by atoms with E-state index in [1.54, 1.807) is 36.1 Å². The normalized spacial score (nSPS) is 13.7. The number of methoxy groups -OCH3 is 1. The molecule has 1 aliphatic rings. The van der Waals surface area contributed by atoms with Gasteiger partial charge in [-0.3, -0.25) is 4.90 Å². The van der Waals surface area contributed by atoms with Crippen LogP contribution in [0.3, 0.4) is 0 Å². The summed E-state index contributed by atoms with van der Waals surface area (Å²) in [4.78, 5) is 27.0. The molecular formula is C15H20N2O4. The predicted octanol–water partition coefficient (Wildman–Crippen LogP) is 1.84. The van der Waals surface area contributed by atoms with E-state index in [4.69, 9.17) is 4.74 Å². The fourth-order valence-electron chi connectivity index (χ4n) is 2.55. The number of hydrogen-bond donors (Lipinski definition) is 1. The van der Waals surface area contributed by atoms with E-state index in [-0.39, 0.29) is 11.6 Å². The number of carbonyl (C=O) groups excluding carboxylic acids is 1. The largest absolute Gasteiger partial charge is 0.478 e. The molecular weight excluding hydrogens is 272 g/mol. The molecule has 21 heavy (non-hydrogen) atoms. The highest BCUT2D eigenvalue weighted by atomic mass is 16.5. The Morgan fingerprint density at radius 2 is 2.19 bits per heavy atom. The number of ether oxygens (including phenoxy) is 1. The summed E-state index contributed by atoms with van der Waals surface area (Å²) in [5, 5.41) is 9.26. The summed E-state index contributed by atoms with van der Waals surface area (Å²) in [6.07, 6.45) is 1.45. The molecule has 1 aliphatic heterocycles. The number of anilines is 1. The Bertz CT molecular complexity index is 544. The lowest BCUT2D eigenvalue weighted by Gasteiger charge is -2.33. The molecule has 6 heteroatoms. The SMILES string of the molecule is COCCN(C)C(=O)N1CCCc2c(C(=O)O)cccc21. The number of amides is 2. The quantitative estimate of drug-likeness (QED) is 0.919. The number of fused-ring (bicyclic) bond motifs is 1. The highest BCUT2D eigenvalue weighted by Gasteiger charge is 2.27. The van der Waals surface area contributed by atoms with Crippen molar-refractivity contribution in [2.45, 2.75) is 12.8 Å². The molecule has 0 atom stereocenters. The Morgan fingerprint density at radius 1 is 1.43 bits per heavy atom. The van der Waals surface area contributed by atoms with Gasteiger partial charge in [0.25, 0.3) is 0 Å². The molecule has 2 rings (SSSR count).